The normalized spacial score (nSPS) is 15.8. The molecule has 1 aliphatic heterocycles. The summed E-state index contributed by atoms with van der Waals surface area (Å²) in [6.45, 7) is 2.83. The van der Waals surface area contributed by atoms with E-state index < -0.39 is 6.10 Å². The maximum Gasteiger partial charge on any atom is 0.0772 e. The van der Waals surface area contributed by atoms with E-state index in [4.69, 9.17) is 0 Å². The van der Waals surface area contributed by atoms with Crippen molar-refractivity contribution in [1.82, 2.24) is 0 Å². The number of rotatable bonds is 2. The Morgan fingerprint density at radius 2 is 2.00 bits per heavy atom. The zero-order valence-corrected chi connectivity index (χ0v) is 13.1. The standard InChI is InChI=1S/C17H18BrNO/c1-12(20)15-9-8-14(11-16(15)18)19-10-4-6-13-5-2-3-7-17(13)19/h2-3,5,7-9,11-12,20H,4,6,10H2,1H3/t12-/m1/s1. The third-order valence-electron chi connectivity index (χ3n) is 3.86. The monoisotopic (exact) mass is 331 g/mol. The first-order valence-electron chi connectivity index (χ1n) is 7.00. The van der Waals surface area contributed by atoms with Gasteiger partial charge in [-0.05, 0) is 49.1 Å². The van der Waals surface area contributed by atoms with Crippen LogP contribution >= 0.6 is 15.9 Å². The summed E-state index contributed by atoms with van der Waals surface area (Å²) in [5.41, 5.74) is 4.82. The van der Waals surface area contributed by atoms with Crippen LogP contribution in [0.4, 0.5) is 11.4 Å². The molecule has 1 heterocycles. The number of aliphatic hydroxyl groups is 1. The van der Waals surface area contributed by atoms with Crippen molar-refractivity contribution in [2.75, 3.05) is 11.4 Å². The predicted octanol–water partition coefficient (Wildman–Crippen LogP) is 4.59. The Hall–Kier alpha value is -1.32. The minimum atomic E-state index is -0.452. The number of hydrogen-bond donors (Lipinski definition) is 1. The van der Waals surface area contributed by atoms with Crippen molar-refractivity contribution in [2.24, 2.45) is 0 Å². The Labute approximate surface area is 128 Å². The van der Waals surface area contributed by atoms with Crippen LogP contribution in [0.15, 0.2) is 46.9 Å². The SMILES string of the molecule is C[C@@H](O)c1ccc(N2CCCc3ccccc32)cc1Br. The van der Waals surface area contributed by atoms with Gasteiger partial charge in [0.2, 0.25) is 0 Å². The summed E-state index contributed by atoms with van der Waals surface area (Å²) in [7, 11) is 0. The van der Waals surface area contributed by atoms with E-state index in [0.717, 1.165) is 23.0 Å². The molecule has 2 nitrogen and oxygen atoms in total. The first kappa shape index (κ1) is 13.7. The van der Waals surface area contributed by atoms with Crippen LogP contribution in [0.1, 0.15) is 30.6 Å². The van der Waals surface area contributed by atoms with Crippen LogP contribution in [0.5, 0.6) is 0 Å². The van der Waals surface area contributed by atoms with E-state index in [0.29, 0.717) is 0 Å². The molecule has 1 N–H and O–H groups in total. The van der Waals surface area contributed by atoms with Crippen LogP contribution in [-0.4, -0.2) is 11.7 Å². The van der Waals surface area contributed by atoms with Crippen LogP contribution in [0, 0.1) is 0 Å². The second kappa shape index (κ2) is 5.58. The van der Waals surface area contributed by atoms with Gasteiger partial charge < -0.3 is 10.0 Å². The van der Waals surface area contributed by atoms with Crippen LogP contribution in [0.2, 0.25) is 0 Å². The minimum absolute atomic E-state index is 0.452. The summed E-state index contributed by atoms with van der Waals surface area (Å²) in [5.74, 6) is 0. The second-order valence-corrected chi connectivity index (χ2v) is 6.12. The lowest BCUT2D eigenvalue weighted by Crippen LogP contribution is -2.24. The number of halogens is 1. The third-order valence-corrected chi connectivity index (χ3v) is 4.54. The molecule has 0 aromatic heterocycles. The number of aliphatic hydroxyl groups excluding tert-OH is 1. The summed E-state index contributed by atoms with van der Waals surface area (Å²) in [6.07, 6.45) is 1.87. The molecule has 0 saturated heterocycles. The Morgan fingerprint density at radius 1 is 1.20 bits per heavy atom. The predicted molar refractivity (Wildman–Crippen MR) is 86.5 cm³/mol. The minimum Gasteiger partial charge on any atom is -0.389 e. The summed E-state index contributed by atoms with van der Waals surface area (Å²) in [5, 5.41) is 9.72. The molecular formula is C17H18BrNO. The van der Waals surface area contributed by atoms with Crippen molar-refractivity contribution in [3.8, 4) is 0 Å². The fraction of sp³-hybridized carbons (Fsp3) is 0.294. The summed E-state index contributed by atoms with van der Waals surface area (Å²) in [6, 6.07) is 14.8. The van der Waals surface area contributed by atoms with E-state index >= 15 is 0 Å². The zero-order chi connectivity index (χ0) is 14.1. The summed E-state index contributed by atoms with van der Waals surface area (Å²) < 4.78 is 0.966. The average Bonchev–Trinajstić information content (AvgIpc) is 2.46. The van der Waals surface area contributed by atoms with Crippen molar-refractivity contribution in [1.29, 1.82) is 0 Å². The quantitative estimate of drug-likeness (QED) is 0.870. The highest BCUT2D eigenvalue weighted by Gasteiger charge is 2.18. The largest absolute Gasteiger partial charge is 0.389 e. The molecule has 0 saturated carbocycles. The van der Waals surface area contributed by atoms with E-state index in [1.54, 1.807) is 6.92 Å². The molecular weight excluding hydrogens is 314 g/mol. The van der Waals surface area contributed by atoms with Crippen molar-refractivity contribution in [3.05, 3.63) is 58.1 Å². The van der Waals surface area contributed by atoms with Crippen LogP contribution in [0.3, 0.4) is 0 Å². The van der Waals surface area contributed by atoms with Gasteiger partial charge in [-0.2, -0.15) is 0 Å². The topological polar surface area (TPSA) is 23.5 Å². The van der Waals surface area contributed by atoms with Crippen molar-refractivity contribution < 1.29 is 5.11 Å². The Balaban J connectivity index is 2.00. The lowest BCUT2D eigenvalue weighted by molar-refractivity contribution is 0.198. The van der Waals surface area contributed by atoms with Gasteiger partial charge >= 0.3 is 0 Å². The second-order valence-electron chi connectivity index (χ2n) is 5.27. The molecule has 3 heteroatoms. The van der Waals surface area contributed by atoms with E-state index in [-0.39, 0.29) is 0 Å². The van der Waals surface area contributed by atoms with Crippen molar-refractivity contribution >= 4 is 27.3 Å². The molecule has 0 amide bonds. The van der Waals surface area contributed by atoms with Crippen LogP contribution in [-0.2, 0) is 6.42 Å². The number of nitrogens with zero attached hydrogens (tertiary/aromatic N) is 1. The van der Waals surface area contributed by atoms with Gasteiger partial charge in [0.05, 0.1) is 6.10 Å². The van der Waals surface area contributed by atoms with Gasteiger partial charge in [-0.3, -0.25) is 0 Å². The van der Waals surface area contributed by atoms with Crippen LogP contribution < -0.4 is 4.90 Å². The molecule has 0 spiro atoms. The number of fused-ring (bicyclic) bond motifs is 1. The molecule has 104 valence electrons. The van der Waals surface area contributed by atoms with Crippen molar-refractivity contribution in [2.45, 2.75) is 25.9 Å². The third kappa shape index (κ3) is 2.48. The van der Waals surface area contributed by atoms with Gasteiger partial charge in [0.1, 0.15) is 0 Å². The summed E-state index contributed by atoms with van der Waals surface area (Å²) in [4.78, 5) is 2.36. The Bertz CT molecular complexity index is 624. The first-order valence-corrected chi connectivity index (χ1v) is 7.79. The molecule has 3 rings (SSSR count). The Morgan fingerprint density at radius 3 is 2.75 bits per heavy atom. The van der Waals surface area contributed by atoms with Crippen LogP contribution in [0.25, 0.3) is 0 Å². The molecule has 0 bridgehead atoms. The lowest BCUT2D eigenvalue weighted by Gasteiger charge is -2.31. The highest BCUT2D eigenvalue weighted by Crippen LogP contribution is 2.36. The molecule has 1 atom stereocenters. The smallest absolute Gasteiger partial charge is 0.0772 e. The number of aryl methyl sites for hydroxylation is 1. The highest BCUT2D eigenvalue weighted by molar-refractivity contribution is 9.10. The van der Waals surface area contributed by atoms with Gasteiger partial charge in [0.25, 0.3) is 0 Å². The molecule has 2 aromatic rings. The number of para-hydroxylation sites is 1. The molecule has 0 radical (unpaired) electrons. The molecule has 0 aliphatic carbocycles. The maximum atomic E-state index is 9.72. The lowest BCUT2D eigenvalue weighted by atomic mass is 10.0. The Kier molecular flexibility index (Phi) is 3.81. The van der Waals surface area contributed by atoms with E-state index in [9.17, 15) is 5.11 Å². The number of hydrogen-bond acceptors (Lipinski definition) is 2. The average molecular weight is 332 g/mol. The van der Waals surface area contributed by atoms with Crippen molar-refractivity contribution in [3.63, 3.8) is 0 Å². The molecule has 1 aliphatic rings. The highest BCUT2D eigenvalue weighted by atomic mass is 79.9. The molecule has 20 heavy (non-hydrogen) atoms. The fourth-order valence-corrected chi connectivity index (χ4v) is 3.52. The van der Waals surface area contributed by atoms with Gasteiger partial charge in [-0.25, -0.2) is 0 Å². The van der Waals surface area contributed by atoms with Gasteiger partial charge in [-0.15, -0.1) is 0 Å². The molecule has 2 aromatic carbocycles. The van der Waals surface area contributed by atoms with Gasteiger partial charge in [0, 0.05) is 22.4 Å². The van der Waals surface area contributed by atoms with E-state index in [1.165, 1.54) is 23.4 Å². The number of benzene rings is 2. The van der Waals surface area contributed by atoms with E-state index in [1.807, 2.05) is 6.07 Å². The number of anilines is 2. The fourth-order valence-electron chi connectivity index (χ4n) is 2.82. The molecule has 0 unspecified atom stereocenters. The molecule has 0 fully saturated rings. The van der Waals surface area contributed by atoms with E-state index in [2.05, 4.69) is 57.2 Å². The van der Waals surface area contributed by atoms with Gasteiger partial charge in [-0.1, -0.05) is 40.2 Å². The maximum absolute atomic E-state index is 9.72. The first-order chi connectivity index (χ1) is 9.66. The van der Waals surface area contributed by atoms with Gasteiger partial charge in [0.15, 0.2) is 0 Å². The summed E-state index contributed by atoms with van der Waals surface area (Å²) >= 11 is 3.57. The zero-order valence-electron chi connectivity index (χ0n) is 11.5.